The maximum atomic E-state index is 12.3. The molecule has 1 amide bonds. The second-order valence-corrected chi connectivity index (χ2v) is 5.88. The zero-order valence-corrected chi connectivity index (χ0v) is 13.5. The van der Waals surface area contributed by atoms with E-state index in [1.807, 2.05) is 6.92 Å². The lowest BCUT2D eigenvalue weighted by Crippen LogP contribution is -2.34. The van der Waals surface area contributed by atoms with Crippen LogP contribution in [0.5, 0.6) is 0 Å². The standard InChI is InChI=1S/C15H17F2N3O2S/c1-3-12(14(21)19-13-8-9(2)22-20-13)18-10-4-6-11(7-5-10)23-15(16)17/h4-8,12,15,18H,3H2,1-2H3,(H,19,20,21)/t12-/m0/s1. The molecule has 0 fully saturated rings. The van der Waals surface area contributed by atoms with Gasteiger partial charge in [-0.3, -0.25) is 4.79 Å². The van der Waals surface area contributed by atoms with Gasteiger partial charge < -0.3 is 15.2 Å². The van der Waals surface area contributed by atoms with Crippen LogP contribution in [0.2, 0.25) is 0 Å². The molecule has 124 valence electrons. The molecular weight excluding hydrogens is 324 g/mol. The van der Waals surface area contributed by atoms with Gasteiger partial charge in [-0.1, -0.05) is 23.8 Å². The second kappa shape index (κ2) is 7.96. The van der Waals surface area contributed by atoms with Gasteiger partial charge in [0.05, 0.1) is 0 Å². The largest absolute Gasteiger partial charge is 0.374 e. The number of halogens is 2. The Morgan fingerprint density at radius 1 is 1.35 bits per heavy atom. The Labute approximate surface area is 136 Å². The van der Waals surface area contributed by atoms with E-state index in [0.29, 0.717) is 40.3 Å². The van der Waals surface area contributed by atoms with Gasteiger partial charge in [0.2, 0.25) is 5.91 Å². The Kier molecular flexibility index (Phi) is 5.97. The zero-order chi connectivity index (χ0) is 16.8. The van der Waals surface area contributed by atoms with Gasteiger partial charge in [0.25, 0.3) is 5.76 Å². The highest BCUT2D eigenvalue weighted by atomic mass is 32.2. The highest BCUT2D eigenvalue weighted by Crippen LogP contribution is 2.26. The van der Waals surface area contributed by atoms with Gasteiger partial charge in [0, 0.05) is 16.6 Å². The first kappa shape index (κ1) is 17.3. The number of nitrogens with zero attached hydrogens (tertiary/aromatic N) is 1. The zero-order valence-electron chi connectivity index (χ0n) is 12.7. The third-order valence-electron chi connectivity index (χ3n) is 3.02. The second-order valence-electron chi connectivity index (χ2n) is 4.82. The van der Waals surface area contributed by atoms with E-state index in [9.17, 15) is 13.6 Å². The summed E-state index contributed by atoms with van der Waals surface area (Å²) in [6.07, 6.45) is 0.552. The van der Waals surface area contributed by atoms with E-state index in [-0.39, 0.29) is 5.91 Å². The quantitative estimate of drug-likeness (QED) is 0.741. The lowest BCUT2D eigenvalue weighted by molar-refractivity contribution is -0.117. The van der Waals surface area contributed by atoms with Crippen molar-refractivity contribution in [2.24, 2.45) is 0 Å². The average Bonchev–Trinajstić information content (AvgIpc) is 2.91. The van der Waals surface area contributed by atoms with Gasteiger partial charge in [0.15, 0.2) is 5.82 Å². The van der Waals surface area contributed by atoms with Crippen molar-refractivity contribution in [2.75, 3.05) is 10.6 Å². The molecule has 0 aliphatic carbocycles. The van der Waals surface area contributed by atoms with Crippen molar-refractivity contribution in [2.45, 2.75) is 37.0 Å². The number of anilines is 2. The molecule has 0 unspecified atom stereocenters. The van der Waals surface area contributed by atoms with E-state index in [2.05, 4.69) is 15.8 Å². The highest BCUT2D eigenvalue weighted by Gasteiger charge is 2.17. The summed E-state index contributed by atoms with van der Waals surface area (Å²) in [6.45, 7) is 3.60. The molecule has 1 heterocycles. The number of thioether (sulfide) groups is 1. The van der Waals surface area contributed by atoms with Crippen LogP contribution in [0.25, 0.3) is 0 Å². The first-order valence-corrected chi connectivity index (χ1v) is 7.91. The SMILES string of the molecule is CC[C@H](Nc1ccc(SC(F)F)cc1)C(=O)Nc1cc(C)on1. The molecule has 23 heavy (non-hydrogen) atoms. The van der Waals surface area contributed by atoms with Crippen molar-refractivity contribution in [3.63, 3.8) is 0 Å². The van der Waals surface area contributed by atoms with E-state index in [1.165, 1.54) is 0 Å². The average molecular weight is 341 g/mol. The molecule has 5 nitrogen and oxygen atoms in total. The normalized spacial score (nSPS) is 12.2. The number of carbonyl (C=O) groups is 1. The molecule has 1 atom stereocenters. The Hall–Kier alpha value is -2.09. The van der Waals surface area contributed by atoms with Gasteiger partial charge >= 0.3 is 0 Å². The van der Waals surface area contributed by atoms with Gasteiger partial charge in [-0.05, 0) is 37.6 Å². The Morgan fingerprint density at radius 2 is 2.04 bits per heavy atom. The molecule has 0 radical (unpaired) electrons. The number of carbonyl (C=O) groups excluding carboxylic acids is 1. The number of alkyl halides is 2. The molecule has 2 aromatic rings. The van der Waals surface area contributed by atoms with Crippen LogP contribution in [-0.2, 0) is 4.79 Å². The predicted molar refractivity (Wildman–Crippen MR) is 85.9 cm³/mol. The van der Waals surface area contributed by atoms with Crippen LogP contribution in [0.4, 0.5) is 20.3 Å². The molecule has 0 aliphatic heterocycles. The van der Waals surface area contributed by atoms with Crippen LogP contribution in [0.3, 0.4) is 0 Å². The Morgan fingerprint density at radius 3 is 2.57 bits per heavy atom. The Bertz CT molecular complexity index is 646. The first-order chi connectivity index (χ1) is 11.0. The van der Waals surface area contributed by atoms with E-state index in [4.69, 9.17) is 4.52 Å². The fourth-order valence-electron chi connectivity index (χ4n) is 1.93. The molecule has 8 heteroatoms. The number of rotatable bonds is 7. The summed E-state index contributed by atoms with van der Waals surface area (Å²) < 4.78 is 29.5. The maximum absolute atomic E-state index is 12.3. The van der Waals surface area contributed by atoms with Crippen molar-refractivity contribution in [3.05, 3.63) is 36.1 Å². The lowest BCUT2D eigenvalue weighted by Gasteiger charge is -2.17. The van der Waals surface area contributed by atoms with Crippen molar-refractivity contribution in [3.8, 4) is 0 Å². The van der Waals surface area contributed by atoms with E-state index >= 15 is 0 Å². The molecular formula is C15H17F2N3O2S. The first-order valence-electron chi connectivity index (χ1n) is 7.03. The summed E-state index contributed by atoms with van der Waals surface area (Å²) in [7, 11) is 0. The van der Waals surface area contributed by atoms with Crippen molar-refractivity contribution in [1.82, 2.24) is 5.16 Å². The van der Waals surface area contributed by atoms with Crippen LogP contribution in [0.15, 0.2) is 39.8 Å². The molecule has 0 saturated carbocycles. The summed E-state index contributed by atoms with van der Waals surface area (Å²) in [5, 5.41) is 9.44. The number of amides is 1. The fourth-order valence-corrected chi connectivity index (χ4v) is 2.42. The van der Waals surface area contributed by atoms with Crippen molar-refractivity contribution in [1.29, 1.82) is 0 Å². The van der Waals surface area contributed by atoms with Crippen molar-refractivity contribution < 1.29 is 18.1 Å². The van der Waals surface area contributed by atoms with Crippen LogP contribution in [0, 0.1) is 6.92 Å². The van der Waals surface area contributed by atoms with Crippen molar-refractivity contribution >= 4 is 29.2 Å². The van der Waals surface area contributed by atoms with E-state index in [1.54, 1.807) is 37.3 Å². The van der Waals surface area contributed by atoms with Gasteiger partial charge in [0.1, 0.15) is 11.8 Å². The summed E-state index contributed by atoms with van der Waals surface area (Å²) in [5.41, 5.74) is 0.682. The summed E-state index contributed by atoms with van der Waals surface area (Å²) in [6, 6.07) is 7.67. The molecule has 1 aromatic heterocycles. The predicted octanol–water partition coefficient (Wildman–Crippen LogP) is 4.13. The van der Waals surface area contributed by atoms with Crippen LogP contribution in [0.1, 0.15) is 19.1 Å². The lowest BCUT2D eigenvalue weighted by atomic mass is 10.2. The van der Waals surface area contributed by atoms with Gasteiger partial charge in [-0.15, -0.1) is 0 Å². The minimum Gasteiger partial charge on any atom is -0.374 e. The van der Waals surface area contributed by atoms with Gasteiger partial charge in [-0.2, -0.15) is 8.78 Å². The molecule has 2 rings (SSSR count). The topological polar surface area (TPSA) is 67.2 Å². The number of benzene rings is 1. The van der Waals surface area contributed by atoms with E-state index < -0.39 is 11.8 Å². The molecule has 0 bridgehead atoms. The molecule has 0 aliphatic rings. The smallest absolute Gasteiger partial charge is 0.288 e. The number of aromatic nitrogens is 1. The molecule has 0 spiro atoms. The minimum atomic E-state index is -2.45. The fraction of sp³-hybridized carbons (Fsp3) is 0.333. The van der Waals surface area contributed by atoms with E-state index in [0.717, 1.165) is 0 Å². The third-order valence-corrected chi connectivity index (χ3v) is 3.75. The Balaban J connectivity index is 1.96. The minimum absolute atomic E-state index is 0.244. The third kappa shape index (κ3) is 5.24. The maximum Gasteiger partial charge on any atom is 0.288 e. The number of hydrogen-bond acceptors (Lipinski definition) is 5. The molecule has 1 aromatic carbocycles. The number of nitrogens with one attached hydrogen (secondary N) is 2. The van der Waals surface area contributed by atoms with Crippen LogP contribution in [-0.4, -0.2) is 22.9 Å². The molecule has 2 N–H and O–H groups in total. The van der Waals surface area contributed by atoms with Crippen LogP contribution < -0.4 is 10.6 Å². The highest BCUT2D eigenvalue weighted by molar-refractivity contribution is 7.99. The molecule has 0 saturated heterocycles. The number of aryl methyl sites for hydroxylation is 1. The summed E-state index contributed by atoms with van der Waals surface area (Å²) in [4.78, 5) is 12.7. The van der Waals surface area contributed by atoms with Gasteiger partial charge in [-0.25, -0.2) is 0 Å². The summed E-state index contributed by atoms with van der Waals surface area (Å²) >= 11 is 0.483. The summed E-state index contributed by atoms with van der Waals surface area (Å²) in [5.74, 6) is -1.73. The van der Waals surface area contributed by atoms with Crippen LogP contribution >= 0.6 is 11.8 Å². The number of hydrogen-bond donors (Lipinski definition) is 2. The monoisotopic (exact) mass is 341 g/mol.